The van der Waals surface area contributed by atoms with Gasteiger partial charge in [0.1, 0.15) is 5.75 Å². The molecular formula is C8H10NNaO5. The van der Waals surface area contributed by atoms with E-state index in [1.165, 1.54) is 31.2 Å². The first kappa shape index (κ1) is 16.5. The maximum Gasteiger partial charge on any atom is 1.00 e. The average Bonchev–Trinajstić information content (AvgIpc) is 2.04. The van der Waals surface area contributed by atoms with Crippen molar-refractivity contribution in [3.8, 4) is 5.75 Å². The zero-order valence-electron chi connectivity index (χ0n) is 9.39. The van der Waals surface area contributed by atoms with Crippen molar-refractivity contribution in [1.29, 1.82) is 0 Å². The third kappa shape index (κ3) is 5.48. The van der Waals surface area contributed by atoms with E-state index in [1.807, 2.05) is 0 Å². The van der Waals surface area contributed by atoms with Gasteiger partial charge in [0.25, 0.3) is 5.69 Å². The number of nitro benzene ring substituents is 1. The molecule has 0 atom stereocenters. The molecule has 2 N–H and O–H groups in total. The maximum atomic E-state index is 10.5. The van der Waals surface area contributed by atoms with Crippen molar-refractivity contribution < 1.29 is 50.9 Å². The van der Waals surface area contributed by atoms with E-state index in [9.17, 15) is 14.9 Å². The van der Waals surface area contributed by atoms with Crippen molar-refractivity contribution in [3.63, 3.8) is 0 Å². The minimum Gasteiger partial charge on any atom is -1.00 e. The number of non-ortho nitro benzene ring substituents is 1. The number of hydrogen-bond acceptors (Lipinski definition) is 4. The largest absolute Gasteiger partial charge is 1.00 e. The first-order chi connectivity index (χ1) is 6.09. The summed E-state index contributed by atoms with van der Waals surface area (Å²) in [6.45, 7) is 1.27. The molecule has 0 saturated heterocycles. The Morgan fingerprint density at radius 2 is 1.87 bits per heavy atom. The monoisotopic (exact) mass is 223 g/mol. The van der Waals surface area contributed by atoms with Crippen LogP contribution in [0.4, 0.5) is 5.69 Å². The Bertz CT molecular complexity index is 343. The van der Waals surface area contributed by atoms with Crippen molar-refractivity contribution in [1.82, 2.24) is 0 Å². The normalized spacial score (nSPS) is 8.07. The molecule has 0 aliphatic heterocycles. The van der Waals surface area contributed by atoms with Gasteiger partial charge >= 0.3 is 35.5 Å². The number of carbonyl (C=O) groups is 1. The van der Waals surface area contributed by atoms with E-state index in [1.54, 1.807) is 0 Å². The van der Waals surface area contributed by atoms with Gasteiger partial charge in [-0.05, 0) is 12.1 Å². The van der Waals surface area contributed by atoms with Crippen LogP contribution in [-0.2, 0) is 4.79 Å². The summed E-state index contributed by atoms with van der Waals surface area (Å²) in [5.74, 6) is -0.146. The topological polar surface area (TPSA) is 101 Å². The van der Waals surface area contributed by atoms with E-state index in [2.05, 4.69) is 4.74 Å². The van der Waals surface area contributed by atoms with Crippen LogP contribution < -0.4 is 34.3 Å². The van der Waals surface area contributed by atoms with E-state index < -0.39 is 10.9 Å². The fourth-order valence-corrected chi connectivity index (χ4v) is 0.802. The summed E-state index contributed by atoms with van der Waals surface area (Å²) in [5, 5.41) is 10.2. The number of nitro groups is 1. The fourth-order valence-electron chi connectivity index (χ4n) is 0.802. The van der Waals surface area contributed by atoms with E-state index in [4.69, 9.17) is 0 Å². The summed E-state index contributed by atoms with van der Waals surface area (Å²) >= 11 is 0. The second-order valence-electron chi connectivity index (χ2n) is 2.34. The molecule has 0 spiro atoms. The van der Waals surface area contributed by atoms with Crippen molar-refractivity contribution in [2.45, 2.75) is 6.92 Å². The molecule has 78 valence electrons. The number of benzene rings is 1. The summed E-state index contributed by atoms with van der Waals surface area (Å²) in [6, 6.07) is 5.30. The Hall–Kier alpha value is -0.950. The maximum absolute atomic E-state index is 10.5. The predicted octanol–water partition coefficient (Wildman–Crippen LogP) is -2.19. The fraction of sp³-hybridized carbons (Fsp3) is 0.125. The van der Waals surface area contributed by atoms with Gasteiger partial charge in [-0.3, -0.25) is 14.9 Å². The van der Waals surface area contributed by atoms with E-state index in [-0.39, 0.29) is 42.1 Å². The zero-order valence-corrected chi connectivity index (χ0v) is 10.4. The van der Waals surface area contributed by atoms with Crippen LogP contribution in [0.25, 0.3) is 0 Å². The summed E-state index contributed by atoms with van der Waals surface area (Å²) in [6.07, 6.45) is 0. The standard InChI is InChI=1S/C8H7NO4.Na.H2O.H/c1-6(10)13-8-4-2-7(3-5-8)9(11)12;;;/h2-5H,1H3;;1H2;/q;+1;;-1. The number of ether oxygens (including phenoxy) is 1. The zero-order chi connectivity index (χ0) is 9.84. The van der Waals surface area contributed by atoms with Gasteiger partial charge in [0.05, 0.1) is 4.92 Å². The molecule has 0 heterocycles. The summed E-state index contributed by atoms with van der Waals surface area (Å²) < 4.78 is 4.69. The second-order valence-corrected chi connectivity index (χ2v) is 2.34. The van der Waals surface area contributed by atoms with Gasteiger partial charge in [-0.25, -0.2) is 0 Å². The molecule has 0 saturated carbocycles. The van der Waals surface area contributed by atoms with Gasteiger partial charge in [0.2, 0.25) is 0 Å². The Balaban J connectivity index is -0.000000563. The number of hydrogen-bond donors (Lipinski definition) is 0. The van der Waals surface area contributed by atoms with Crippen LogP contribution >= 0.6 is 0 Å². The van der Waals surface area contributed by atoms with Gasteiger partial charge in [0.15, 0.2) is 0 Å². The Labute approximate surface area is 109 Å². The van der Waals surface area contributed by atoms with Gasteiger partial charge in [-0.2, -0.15) is 0 Å². The molecule has 0 bridgehead atoms. The van der Waals surface area contributed by atoms with Crippen LogP contribution in [0.1, 0.15) is 8.35 Å². The first-order valence-corrected chi connectivity index (χ1v) is 3.52. The molecule has 7 heteroatoms. The summed E-state index contributed by atoms with van der Waals surface area (Å²) in [4.78, 5) is 20.2. The molecule has 0 radical (unpaired) electrons. The molecular weight excluding hydrogens is 213 g/mol. The van der Waals surface area contributed by atoms with Gasteiger partial charge in [0, 0.05) is 19.1 Å². The number of nitrogens with zero attached hydrogens (tertiary/aromatic N) is 1. The van der Waals surface area contributed by atoms with Gasteiger partial charge < -0.3 is 11.6 Å². The molecule has 0 aliphatic rings. The molecule has 0 aromatic heterocycles. The van der Waals surface area contributed by atoms with E-state index in [0.29, 0.717) is 5.75 Å². The van der Waals surface area contributed by atoms with Crippen LogP contribution in [0.3, 0.4) is 0 Å². The molecule has 0 fully saturated rings. The number of esters is 1. The Kier molecular flexibility index (Phi) is 8.08. The van der Waals surface area contributed by atoms with Crippen LogP contribution in [0.15, 0.2) is 24.3 Å². The quantitative estimate of drug-likeness (QED) is 0.187. The van der Waals surface area contributed by atoms with Crippen LogP contribution in [0.2, 0.25) is 0 Å². The molecule has 0 aliphatic carbocycles. The van der Waals surface area contributed by atoms with Gasteiger partial charge in [-0.15, -0.1) is 0 Å². The predicted molar refractivity (Wildman–Crippen MR) is 49.1 cm³/mol. The van der Waals surface area contributed by atoms with Crippen LogP contribution in [0.5, 0.6) is 5.75 Å². The Morgan fingerprint density at radius 1 is 1.40 bits per heavy atom. The molecule has 1 aromatic carbocycles. The van der Waals surface area contributed by atoms with Crippen LogP contribution in [-0.4, -0.2) is 16.4 Å². The average molecular weight is 223 g/mol. The number of rotatable bonds is 2. The minimum absolute atomic E-state index is 0. The molecule has 1 rings (SSSR count). The molecule has 1 aromatic rings. The van der Waals surface area contributed by atoms with Crippen molar-refractivity contribution >= 4 is 11.7 Å². The van der Waals surface area contributed by atoms with E-state index >= 15 is 0 Å². The van der Waals surface area contributed by atoms with Crippen molar-refractivity contribution in [2.75, 3.05) is 0 Å². The molecule has 6 nitrogen and oxygen atoms in total. The third-order valence-electron chi connectivity index (χ3n) is 1.31. The number of carbonyl (C=O) groups excluding carboxylic acids is 1. The second kappa shape index (κ2) is 7.36. The minimum atomic E-state index is -0.516. The van der Waals surface area contributed by atoms with Crippen molar-refractivity contribution in [3.05, 3.63) is 34.4 Å². The summed E-state index contributed by atoms with van der Waals surface area (Å²) in [7, 11) is 0. The third-order valence-corrected chi connectivity index (χ3v) is 1.31. The van der Waals surface area contributed by atoms with Crippen LogP contribution in [0, 0.1) is 10.1 Å². The smallest absolute Gasteiger partial charge is 1.00 e. The Morgan fingerprint density at radius 3 is 2.20 bits per heavy atom. The SMILES string of the molecule is CC(=O)Oc1ccc([N+](=O)[O-])cc1.O.[H-].[Na+]. The first-order valence-electron chi connectivity index (χ1n) is 3.52. The van der Waals surface area contributed by atoms with E-state index in [0.717, 1.165) is 0 Å². The van der Waals surface area contributed by atoms with Crippen molar-refractivity contribution in [2.24, 2.45) is 0 Å². The molecule has 15 heavy (non-hydrogen) atoms. The molecule has 0 amide bonds. The van der Waals surface area contributed by atoms with Gasteiger partial charge in [-0.1, -0.05) is 0 Å². The molecule has 0 unspecified atom stereocenters. The summed E-state index contributed by atoms with van der Waals surface area (Å²) in [5.41, 5.74) is -0.0316.